The molecule has 6 heteroatoms. The van der Waals surface area contributed by atoms with Gasteiger partial charge in [0.15, 0.2) is 0 Å². The summed E-state index contributed by atoms with van der Waals surface area (Å²) in [4.78, 5) is 0. The quantitative estimate of drug-likeness (QED) is 0.303. The fourth-order valence-corrected chi connectivity index (χ4v) is 1.92. The average molecular weight is 333 g/mol. The molecule has 3 nitrogen and oxygen atoms in total. The summed E-state index contributed by atoms with van der Waals surface area (Å²) in [7, 11) is -2.92. The zero-order valence-corrected chi connectivity index (χ0v) is 14.1. The van der Waals surface area contributed by atoms with Crippen LogP contribution in [0.2, 0.25) is 0 Å². The minimum Gasteiger partial charge on any atom is -0.196 e. The lowest BCUT2D eigenvalue weighted by atomic mass is 10.2. The fraction of sp³-hybridized carbons (Fsp3) is 0.750. The first kappa shape index (κ1) is 21.0. The van der Waals surface area contributed by atoms with Crippen molar-refractivity contribution in [3.8, 4) is 23.7 Å². The molecule has 0 aliphatic rings. The van der Waals surface area contributed by atoms with Crippen molar-refractivity contribution in [2.24, 2.45) is 0 Å². The van der Waals surface area contributed by atoms with Gasteiger partial charge in [0.2, 0.25) is 0 Å². The van der Waals surface area contributed by atoms with Gasteiger partial charge in [-0.05, 0) is 24.7 Å². The van der Waals surface area contributed by atoms with Crippen LogP contribution in [-0.2, 0) is 13.6 Å². The number of alkyl halides is 2. The molecule has 0 bridgehead atoms. The van der Waals surface area contributed by atoms with Crippen LogP contribution in [0.25, 0.3) is 0 Å². The molecule has 2 atom stereocenters. The molecule has 0 aliphatic carbocycles. The van der Waals surface area contributed by atoms with Gasteiger partial charge in [0, 0.05) is 17.4 Å². The van der Waals surface area contributed by atoms with Crippen LogP contribution >= 0.6 is 8.25 Å². The molecule has 0 saturated heterocycles. The first-order chi connectivity index (χ1) is 10.6. The number of hydrogen-bond donors (Lipinski definition) is 0. The second kappa shape index (κ2) is 14.9. The van der Waals surface area contributed by atoms with Crippen molar-refractivity contribution < 1.29 is 22.4 Å². The van der Waals surface area contributed by atoms with E-state index in [1.165, 1.54) is 0 Å². The molecule has 2 unspecified atom stereocenters. The Morgan fingerprint density at radius 1 is 0.864 bits per heavy atom. The molecule has 0 N–H and O–H groups in total. The summed E-state index contributed by atoms with van der Waals surface area (Å²) in [5, 5.41) is 0. The number of halogens is 2. The summed E-state index contributed by atoms with van der Waals surface area (Å²) in [5.41, 5.74) is 0. The lowest BCUT2D eigenvalue weighted by Crippen LogP contribution is -2.02. The van der Waals surface area contributed by atoms with Crippen LogP contribution in [0.3, 0.4) is 0 Å². The molecule has 0 radical (unpaired) electrons. The standard InChI is InChI=1S/C16H24F2O3P/c1-3-5-7-9-11-13-15(17)20-22(19)21-16(18)14-12-10-8-6-4-2/h15-16H,3-10H2,1-2H3/q+1. The molecule has 0 aromatic heterocycles. The Hall–Kier alpha value is -1.00. The smallest absolute Gasteiger partial charge is 0.196 e. The maximum absolute atomic E-state index is 13.2. The maximum atomic E-state index is 13.2. The van der Waals surface area contributed by atoms with Gasteiger partial charge >= 0.3 is 21.0 Å². The first-order valence-electron chi connectivity index (χ1n) is 7.65. The average Bonchev–Trinajstić information content (AvgIpc) is 2.46. The van der Waals surface area contributed by atoms with Crippen LogP contribution in [0.15, 0.2) is 0 Å². The van der Waals surface area contributed by atoms with Gasteiger partial charge in [0.1, 0.15) is 0 Å². The zero-order valence-electron chi connectivity index (χ0n) is 13.2. The van der Waals surface area contributed by atoms with E-state index >= 15 is 0 Å². The third-order valence-corrected chi connectivity index (χ3v) is 3.31. The summed E-state index contributed by atoms with van der Waals surface area (Å²) in [6.45, 7) is 4.10. The van der Waals surface area contributed by atoms with E-state index in [0.29, 0.717) is 12.8 Å². The highest BCUT2D eigenvalue weighted by Gasteiger charge is 2.30. The Morgan fingerprint density at radius 3 is 1.64 bits per heavy atom. The van der Waals surface area contributed by atoms with Crippen LogP contribution in [0.5, 0.6) is 0 Å². The molecule has 0 aromatic carbocycles. The van der Waals surface area contributed by atoms with Crippen LogP contribution in [-0.4, -0.2) is 12.7 Å². The summed E-state index contributed by atoms with van der Waals surface area (Å²) >= 11 is 0. The van der Waals surface area contributed by atoms with Gasteiger partial charge in [0.25, 0.3) is 0 Å². The molecule has 0 amide bonds. The summed E-state index contributed by atoms with van der Waals surface area (Å²) < 4.78 is 46.2. The molecule has 0 fully saturated rings. The van der Waals surface area contributed by atoms with Crippen molar-refractivity contribution in [3.63, 3.8) is 0 Å². The van der Waals surface area contributed by atoms with E-state index < -0.39 is 21.0 Å². The molecule has 22 heavy (non-hydrogen) atoms. The van der Waals surface area contributed by atoms with E-state index in [1.54, 1.807) is 0 Å². The molecule has 0 saturated carbocycles. The van der Waals surface area contributed by atoms with E-state index in [2.05, 4.69) is 46.6 Å². The van der Waals surface area contributed by atoms with E-state index in [1.807, 2.05) is 0 Å². The molecule has 124 valence electrons. The van der Waals surface area contributed by atoms with Crippen molar-refractivity contribution in [2.45, 2.75) is 77.9 Å². The van der Waals surface area contributed by atoms with E-state index in [0.717, 1.165) is 38.5 Å². The predicted octanol–water partition coefficient (Wildman–Crippen LogP) is 5.44. The lowest BCUT2D eigenvalue weighted by Gasteiger charge is -1.93. The Bertz CT molecular complexity index is 383. The maximum Gasteiger partial charge on any atom is 0.705 e. The monoisotopic (exact) mass is 333 g/mol. The molecule has 0 aliphatic heterocycles. The molecular weight excluding hydrogens is 309 g/mol. The molecule has 0 heterocycles. The Balaban J connectivity index is 3.90. The second-order valence-corrected chi connectivity index (χ2v) is 5.49. The van der Waals surface area contributed by atoms with Gasteiger partial charge in [-0.1, -0.05) is 60.4 Å². The van der Waals surface area contributed by atoms with Gasteiger partial charge in [0.05, 0.1) is 0 Å². The Kier molecular flexibility index (Phi) is 14.2. The highest BCUT2D eigenvalue weighted by molar-refractivity contribution is 7.33. The third-order valence-electron chi connectivity index (χ3n) is 2.60. The van der Waals surface area contributed by atoms with Gasteiger partial charge < -0.3 is 0 Å². The predicted molar refractivity (Wildman–Crippen MR) is 83.4 cm³/mol. The fourth-order valence-electron chi connectivity index (χ4n) is 1.46. The largest absolute Gasteiger partial charge is 0.705 e. The van der Waals surface area contributed by atoms with Gasteiger partial charge in [-0.2, -0.15) is 8.78 Å². The zero-order chi connectivity index (χ0) is 16.6. The van der Waals surface area contributed by atoms with Crippen molar-refractivity contribution in [1.82, 2.24) is 0 Å². The van der Waals surface area contributed by atoms with Crippen molar-refractivity contribution in [1.29, 1.82) is 0 Å². The highest BCUT2D eigenvalue weighted by atomic mass is 31.1. The van der Waals surface area contributed by atoms with E-state index in [4.69, 9.17) is 0 Å². The highest BCUT2D eigenvalue weighted by Crippen LogP contribution is 2.28. The second-order valence-electron chi connectivity index (χ2n) is 4.62. The number of rotatable bonds is 10. The van der Waals surface area contributed by atoms with Crippen LogP contribution in [0.4, 0.5) is 8.78 Å². The van der Waals surface area contributed by atoms with E-state index in [9.17, 15) is 13.3 Å². The van der Waals surface area contributed by atoms with Gasteiger partial charge in [-0.15, -0.1) is 0 Å². The number of hydrogen-bond acceptors (Lipinski definition) is 3. The lowest BCUT2D eigenvalue weighted by molar-refractivity contribution is 0.0642. The van der Waals surface area contributed by atoms with Crippen molar-refractivity contribution >= 4 is 8.25 Å². The van der Waals surface area contributed by atoms with Crippen molar-refractivity contribution in [2.75, 3.05) is 0 Å². The molecule has 0 spiro atoms. The van der Waals surface area contributed by atoms with Crippen LogP contribution in [0.1, 0.15) is 65.2 Å². The van der Waals surface area contributed by atoms with Gasteiger partial charge in [-0.3, -0.25) is 0 Å². The molecule has 0 aromatic rings. The third kappa shape index (κ3) is 14.0. The van der Waals surface area contributed by atoms with Gasteiger partial charge in [-0.25, -0.2) is 0 Å². The molecular formula is C16H24F2O3P+. The summed E-state index contributed by atoms with van der Waals surface area (Å²) in [6, 6.07) is 0. The SMILES string of the molecule is CCCCCC#CC(F)O[P+](=O)OC(F)C#CCCCCC. The van der Waals surface area contributed by atoms with Crippen LogP contribution in [0, 0.1) is 23.7 Å². The van der Waals surface area contributed by atoms with E-state index in [-0.39, 0.29) is 0 Å². The van der Waals surface area contributed by atoms with Crippen molar-refractivity contribution in [3.05, 3.63) is 0 Å². The Morgan fingerprint density at radius 2 is 1.27 bits per heavy atom. The summed E-state index contributed by atoms with van der Waals surface area (Å²) in [5.74, 6) is 9.46. The Labute approximate surface area is 133 Å². The number of unbranched alkanes of at least 4 members (excludes halogenated alkanes) is 6. The minimum absolute atomic E-state index is 0.546. The first-order valence-corrected chi connectivity index (χ1v) is 8.75. The minimum atomic E-state index is -2.92. The van der Waals surface area contributed by atoms with Crippen LogP contribution < -0.4 is 0 Å². The normalized spacial score (nSPS) is 13.4. The molecule has 0 rings (SSSR count). The summed E-state index contributed by atoms with van der Waals surface area (Å²) in [6.07, 6.45) is 2.88. The topological polar surface area (TPSA) is 35.5 Å².